The van der Waals surface area contributed by atoms with Gasteiger partial charge in [0.2, 0.25) is 5.91 Å². The second-order valence-electron chi connectivity index (χ2n) is 7.29. The van der Waals surface area contributed by atoms with Crippen LogP contribution in [-0.2, 0) is 29.0 Å². The van der Waals surface area contributed by atoms with E-state index in [1.54, 1.807) is 7.11 Å². The fraction of sp³-hybridized carbons (Fsp3) is 0.500. The lowest BCUT2D eigenvalue weighted by Crippen LogP contribution is -2.40. The number of aromatic nitrogens is 2. The second-order valence-corrected chi connectivity index (χ2v) is 7.29. The summed E-state index contributed by atoms with van der Waals surface area (Å²) in [6.07, 6.45) is 5.21. The van der Waals surface area contributed by atoms with Gasteiger partial charge in [-0.05, 0) is 24.3 Å². The van der Waals surface area contributed by atoms with Crippen LogP contribution in [0.2, 0.25) is 0 Å². The Kier molecular flexibility index (Phi) is 4.57. The van der Waals surface area contributed by atoms with Crippen LogP contribution in [-0.4, -0.2) is 40.8 Å². The molecule has 2 aliphatic rings. The Bertz CT molecular complexity index is 737. The Morgan fingerprint density at radius 1 is 1.28 bits per heavy atom. The molecule has 1 aliphatic heterocycles. The van der Waals surface area contributed by atoms with Gasteiger partial charge in [0.15, 0.2) is 0 Å². The average Bonchev–Trinajstić information content (AvgIpc) is 3.32. The minimum Gasteiger partial charge on any atom is -0.384 e. The van der Waals surface area contributed by atoms with E-state index in [0.717, 1.165) is 23.7 Å². The minimum atomic E-state index is 0.161. The van der Waals surface area contributed by atoms with Crippen LogP contribution in [0.3, 0.4) is 0 Å². The number of amides is 1. The molecule has 25 heavy (non-hydrogen) atoms. The highest BCUT2D eigenvalue weighted by Crippen LogP contribution is 2.32. The zero-order chi connectivity index (χ0) is 17.2. The molecule has 0 saturated heterocycles. The maximum Gasteiger partial charge on any atom is 0.227 e. The molecule has 4 rings (SSSR count). The molecule has 1 aromatic heterocycles. The first kappa shape index (κ1) is 16.3. The fourth-order valence-corrected chi connectivity index (χ4v) is 3.63. The van der Waals surface area contributed by atoms with Crippen molar-refractivity contribution in [1.29, 1.82) is 0 Å². The summed E-state index contributed by atoms with van der Waals surface area (Å²) in [7, 11) is 1.71. The van der Waals surface area contributed by atoms with Crippen LogP contribution >= 0.6 is 0 Å². The van der Waals surface area contributed by atoms with Crippen LogP contribution in [0, 0.1) is 5.92 Å². The Morgan fingerprint density at radius 2 is 2.08 bits per heavy atom. The Labute approximate surface area is 148 Å². The van der Waals surface area contributed by atoms with Crippen molar-refractivity contribution in [2.75, 3.05) is 20.3 Å². The number of carbonyl (C=O) groups excluding carboxylic acids is 1. The lowest BCUT2D eigenvalue weighted by atomic mass is 9.96. The van der Waals surface area contributed by atoms with E-state index in [-0.39, 0.29) is 11.8 Å². The predicted molar refractivity (Wildman–Crippen MR) is 95.1 cm³/mol. The lowest BCUT2D eigenvalue weighted by Gasteiger charge is -2.31. The van der Waals surface area contributed by atoms with Crippen molar-refractivity contribution in [2.24, 2.45) is 5.92 Å². The lowest BCUT2D eigenvalue weighted by molar-refractivity contribution is -0.132. The summed E-state index contributed by atoms with van der Waals surface area (Å²) in [6, 6.07) is 9.95. The SMILES string of the molecule is COC[C@@H]1CN(C(=O)Cc2ccccc2)Cc2cn(CC3CC3)nc21. The van der Waals surface area contributed by atoms with Crippen LogP contribution in [0.4, 0.5) is 0 Å². The summed E-state index contributed by atoms with van der Waals surface area (Å²) < 4.78 is 7.48. The first-order chi connectivity index (χ1) is 12.2. The third-order valence-corrected chi connectivity index (χ3v) is 5.12. The molecule has 2 aromatic rings. The van der Waals surface area contributed by atoms with Gasteiger partial charge in [-0.3, -0.25) is 9.48 Å². The van der Waals surface area contributed by atoms with Gasteiger partial charge in [0.05, 0.1) is 18.7 Å². The highest BCUT2D eigenvalue weighted by molar-refractivity contribution is 5.79. The summed E-state index contributed by atoms with van der Waals surface area (Å²) in [4.78, 5) is 14.7. The maximum absolute atomic E-state index is 12.8. The molecule has 1 saturated carbocycles. The number of ether oxygens (including phenoxy) is 1. The summed E-state index contributed by atoms with van der Waals surface area (Å²) in [5.41, 5.74) is 3.35. The molecule has 2 heterocycles. The molecule has 1 atom stereocenters. The number of benzene rings is 1. The molecule has 1 amide bonds. The molecule has 1 aliphatic carbocycles. The van der Waals surface area contributed by atoms with Crippen LogP contribution in [0.5, 0.6) is 0 Å². The van der Waals surface area contributed by atoms with Crippen molar-refractivity contribution in [3.05, 3.63) is 53.3 Å². The van der Waals surface area contributed by atoms with Crippen LogP contribution < -0.4 is 0 Å². The van der Waals surface area contributed by atoms with Gasteiger partial charge in [-0.15, -0.1) is 0 Å². The second kappa shape index (κ2) is 7.00. The van der Waals surface area contributed by atoms with E-state index in [4.69, 9.17) is 9.84 Å². The van der Waals surface area contributed by atoms with Gasteiger partial charge in [0, 0.05) is 44.4 Å². The molecular weight excluding hydrogens is 314 g/mol. The molecule has 0 unspecified atom stereocenters. The summed E-state index contributed by atoms with van der Waals surface area (Å²) >= 11 is 0. The largest absolute Gasteiger partial charge is 0.384 e. The minimum absolute atomic E-state index is 0.161. The van der Waals surface area contributed by atoms with Crippen molar-refractivity contribution in [1.82, 2.24) is 14.7 Å². The van der Waals surface area contributed by atoms with Gasteiger partial charge < -0.3 is 9.64 Å². The van der Waals surface area contributed by atoms with Crippen LogP contribution in [0.25, 0.3) is 0 Å². The van der Waals surface area contributed by atoms with E-state index in [1.807, 2.05) is 35.2 Å². The van der Waals surface area contributed by atoms with Gasteiger partial charge in [-0.1, -0.05) is 30.3 Å². The third-order valence-electron chi connectivity index (χ3n) is 5.12. The highest BCUT2D eigenvalue weighted by atomic mass is 16.5. The summed E-state index contributed by atoms with van der Waals surface area (Å²) in [5, 5.41) is 4.81. The van der Waals surface area contributed by atoms with Crippen molar-refractivity contribution in [2.45, 2.75) is 38.3 Å². The Morgan fingerprint density at radius 3 is 2.80 bits per heavy atom. The van der Waals surface area contributed by atoms with Gasteiger partial charge in [-0.2, -0.15) is 5.10 Å². The Hall–Kier alpha value is -2.14. The van der Waals surface area contributed by atoms with Crippen LogP contribution in [0.1, 0.15) is 35.6 Å². The normalized spacial score (nSPS) is 19.7. The zero-order valence-corrected chi connectivity index (χ0v) is 14.7. The van der Waals surface area contributed by atoms with E-state index in [2.05, 4.69) is 10.9 Å². The number of rotatable bonds is 6. The molecule has 0 radical (unpaired) electrons. The van der Waals surface area contributed by atoms with E-state index < -0.39 is 0 Å². The van der Waals surface area contributed by atoms with Gasteiger partial charge in [0.25, 0.3) is 0 Å². The van der Waals surface area contributed by atoms with E-state index in [9.17, 15) is 4.79 Å². The number of hydrogen-bond acceptors (Lipinski definition) is 3. The molecule has 0 bridgehead atoms. The zero-order valence-electron chi connectivity index (χ0n) is 14.7. The van der Waals surface area contributed by atoms with Crippen molar-refractivity contribution >= 4 is 5.91 Å². The molecule has 132 valence electrons. The number of fused-ring (bicyclic) bond motifs is 1. The van der Waals surface area contributed by atoms with Gasteiger partial charge in [0.1, 0.15) is 0 Å². The predicted octanol–water partition coefficient (Wildman–Crippen LogP) is 2.61. The van der Waals surface area contributed by atoms with Crippen LogP contribution in [0.15, 0.2) is 36.5 Å². The topological polar surface area (TPSA) is 47.4 Å². The molecule has 1 fully saturated rings. The Balaban J connectivity index is 1.50. The molecule has 0 spiro atoms. The van der Waals surface area contributed by atoms with Gasteiger partial charge in [-0.25, -0.2) is 0 Å². The van der Waals surface area contributed by atoms with E-state index in [0.29, 0.717) is 26.1 Å². The first-order valence-electron chi connectivity index (χ1n) is 9.10. The molecule has 1 aromatic carbocycles. The molecule has 5 nitrogen and oxygen atoms in total. The van der Waals surface area contributed by atoms with Gasteiger partial charge >= 0.3 is 0 Å². The summed E-state index contributed by atoms with van der Waals surface area (Å²) in [6.45, 7) is 2.95. The quantitative estimate of drug-likeness (QED) is 0.813. The highest BCUT2D eigenvalue weighted by Gasteiger charge is 2.32. The number of carbonyl (C=O) groups is 1. The van der Waals surface area contributed by atoms with Crippen molar-refractivity contribution in [3.63, 3.8) is 0 Å². The fourth-order valence-electron chi connectivity index (χ4n) is 3.63. The van der Waals surface area contributed by atoms with Crippen molar-refractivity contribution in [3.8, 4) is 0 Å². The standard InChI is InChI=1S/C20H25N3O2/c1-25-14-18-12-22(19(24)9-15-5-3-2-4-6-15)11-17-13-23(21-20(17)18)10-16-7-8-16/h2-6,13,16,18H,7-12,14H2,1H3/t18-/m0/s1. The first-order valence-corrected chi connectivity index (χ1v) is 9.10. The third kappa shape index (κ3) is 3.76. The number of hydrogen-bond donors (Lipinski definition) is 0. The van der Waals surface area contributed by atoms with Crippen molar-refractivity contribution < 1.29 is 9.53 Å². The molecular formula is C20H25N3O2. The maximum atomic E-state index is 12.8. The average molecular weight is 339 g/mol. The number of methoxy groups -OCH3 is 1. The summed E-state index contributed by atoms with van der Waals surface area (Å²) in [5.74, 6) is 1.12. The van der Waals surface area contributed by atoms with E-state index in [1.165, 1.54) is 18.4 Å². The van der Waals surface area contributed by atoms with E-state index >= 15 is 0 Å². The number of nitrogens with zero attached hydrogens (tertiary/aromatic N) is 3. The smallest absolute Gasteiger partial charge is 0.227 e. The monoisotopic (exact) mass is 339 g/mol. The molecule has 5 heteroatoms. The molecule has 0 N–H and O–H groups in total.